The number of thiophene rings is 1. The number of nitrogens with zero attached hydrogens (tertiary/aromatic N) is 2. The maximum atomic E-state index is 5.48. The van der Waals surface area contributed by atoms with Gasteiger partial charge in [-0.25, -0.2) is 9.97 Å². The fraction of sp³-hybridized carbons (Fsp3) is 0.294. The lowest BCUT2D eigenvalue weighted by Crippen LogP contribution is -2.05. The molecule has 6 heteroatoms. The summed E-state index contributed by atoms with van der Waals surface area (Å²) in [5.41, 5.74) is 2.24. The van der Waals surface area contributed by atoms with Crippen molar-refractivity contribution in [3.63, 3.8) is 0 Å². The second kappa shape index (κ2) is 6.42. The molecule has 1 N–H and O–H groups in total. The molecule has 0 unspecified atom stereocenters. The lowest BCUT2D eigenvalue weighted by atomic mass is 10.1. The van der Waals surface area contributed by atoms with Crippen molar-refractivity contribution >= 4 is 27.4 Å². The van der Waals surface area contributed by atoms with Gasteiger partial charge in [0.05, 0.1) is 19.6 Å². The van der Waals surface area contributed by atoms with Gasteiger partial charge in [0.25, 0.3) is 0 Å². The Morgan fingerprint density at radius 1 is 1.13 bits per heavy atom. The van der Waals surface area contributed by atoms with Gasteiger partial charge in [-0.05, 0) is 25.5 Å². The lowest BCUT2D eigenvalue weighted by molar-refractivity contribution is 0.352. The Morgan fingerprint density at radius 2 is 1.96 bits per heavy atom. The fourth-order valence-corrected chi connectivity index (χ4v) is 3.59. The SMILES string of the molecule is COc1cccc(CNc2ncnc3sc(C)c(C)c23)c1OC. The van der Waals surface area contributed by atoms with E-state index in [0.717, 1.165) is 33.1 Å². The zero-order valence-electron chi connectivity index (χ0n) is 13.6. The molecule has 0 aliphatic heterocycles. The van der Waals surface area contributed by atoms with Crippen molar-refractivity contribution in [1.29, 1.82) is 0 Å². The van der Waals surface area contributed by atoms with Crippen LogP contribution in [-0.4, -0.2) is 24.2 Å². The summed E-state index contributed by atoms with van der Waals surface area (Å²) in [5.74, 6) is 2.31. The molecule has 0 fully saturated rings. The summed E-state index contributed by atoms with van der Waals surface area (Å²) in [7, 11) is 3.29. The second-order valence-electron chi connectivity index (χ2n) is 5.19. The summed E-state index contributed by atoms with van der Waals surface area (Å²) < 4.78 is 10.8. The highest BCUT2D eigenvalue weighted by atomic mass is 32.1. The van der Waals surface area contributed by atoms with Crippen molar-refractivity contribution < 1.29 is 9.47 Å². The van der Waals surface area contributed by atoms with Crippen molar-refractivity contribution in [2.45, 2.75) is 20.4 Å². The van der Waals surface area contributed by atoms with E-state index < -0.39 is 0 Å². The highest BCUT2D eigenvalue weighted by Gasteiger charge is 2.13. The molecule has 2 aromatic heterocycles. The van der Waals surface area contributed by atoms with E-state index in [2.05, 4.69) is 29.1 Å². The van der Waals surface area contributed by atoms with Gasteiger partial charge in [-0.2, -0.15) is 0 Å². The van der Waals surface area contributed by atoms with Crippen LogP contribution in [0, 0.1) is 13.8 Å². The first-order valence-electron chi connectivity index (χ1n) is 7.30. The minimum Gasteiger partial charge on any atom is -0.493 e. The molecule has 5 nitrogen and oxygen atoms in total. The molecule has 120 valence electrons. The highest BCUT2D eigenvalue weighted by Crippen LogP contribution is 2.34. The standard InChI is InChI=1S/C17H19N3O2S/c1-10-11(2)23-17-14(10)16(19-9-20-17)18-8-12-6-5-7-13(21-3)15(12)22-4/h5-7,9H,8H2,1-4H3,(H,18,19,20). The first kappa shape index (κ1) is 15.6. The summed E-state index contributed by atoms with van der Waals surface area (Å²) >= 11 is 1.69. The number of rotatable bonds is 5. The number of anilines is 1. The van der Waals surface area contributed by atoms with E-state index in [4.69, 9.17) is 9.47 Å². The summed E-state index contributed by atoms with van der Waals surface area (Å²) in [4.78, 5) is 11.0. The maximum Gasteiger partial charge on any atom is 0.165 e. The van der Waals surface area contributed by atoms with Gasteiger partial charge in [-0.15, -0.1) is 11.3 Å². The minimum atomic E-state index is 0.598. The molecule has 0 amide bonds. The third-order valence-corrected chi connectivity index (χ3v) is 5.01. The maximum absolute atomic E-state index is 5.48. The van der Waals surface area contributed by atoms with Crippen LogP contribution in [0.2, 0.25) is 0 Å². The molecule has 3 aromatic rings. The molecular weight excluding hydrogens is 310 g/mol. The summed E-state index contributed by atoms with van der Waals surface area (Å²) in [5, 5.41) is 4.50. The Hall–Kier alpha value is -2.34. The molecule has 3 rings (SSSR count). The van der Waals surface area contributed by atoms with Gasteiger partial charge in [-0.1, -0.05) is 12.1 Å². The number of methoxy groups -OCH3 is 2. The third kappa shape index (κ3) is 2.82. The van der Waals surface area contributed by atoms with Crippen molar-refractivity contribution in [2.24, 2.45) is 0 Å². The highest BCUT2D eigenvalue weighted by molar-refractivity contribution is 7.18. The minimum absolute atomic E-state index is 0.598. The normalized spacial score (nSPS) is 10.8. The van der Waals surface area contributed by atoms with Gasteiger partial charge in [-0.3, -0.25) is 0 Å². The zero-order valence-corrected chi connectivity index (χ0v) is 14.5. The second-order valence-corrected chi connectivity index (χ2v) is 6.40. The van der Waals surface area contributed by atoms with Crippen molar-refractivity contribution in [3.8, 4) is 11.5 Å². The van der Waals surface area contributed by atoms with Crippen molar-refractivity contribution in [2.75, 3.05) is 19.5 Å². The smallest absolute Gasteiger partial charge is 0.165 e. The number of aromatic nitrogens is 2. The predicted molar refractivity (Wildman–Crippen MR) is 93.8 cm³/mol. The Balaban J connectivity index is 1.93. The topological polar surface area (TPSA) is 56.3 Å². The van der Waals surface area contributed by atoms with Gasteiger partial charge in [0.15, 0.2) is 11.5 Å². The van der Waals surface area contributed by atoms with Gasteiger partial charge in [0, 0.05) is 17.0 Å². The summed E-state index contributed by atoms with van der Waals surface area (Å²) in [6, 6.07) is 5.85. The number of nitrogens with one attached hydrogen (secondary N) is 1. The third-order valence-electron chi connectivity index (χ3n) is 3.90. The zero-order chi connectivity index (χ0) is 16.4. The van der Waals surface area contributed by atoms with Crippen LogP contribution in [0.15, 0.2) is 24.5 Å². The molecule has 23 heavy (non-hydrogen) atoms. The molecule has 0 aliphatic rings. The van der Waals surface area contributed by atoms with Gasteiger partial charge in [0.1, 0.15) is 17.0 Å². The van der Waals surface area contributed by atoms with E-state index in [1.165, 1.54) is 10.4 Å². The number of hydrogen-bond acceptors (Lipinski definition) is 6. The van der Waals surface area contributed by atoms with E-state index in [9.17, 15) is 0 Å². The first-order chi connectivity index (χ1) is 11.2. The molecule has 0 bridgehead atoms. The van der Waals surface area contributed by atoms with Crippen LogP contribution < -0.4 is 14.8 Å². The van der Waals surface area contributed by atoms with E-state index in [-0.39, 0.29) is 0 Å². The first-order valence-corrected chi connectivity index (χ1v) is 8.11. The molecule has 0 spiro atoms. The van der Waals surface area contributed by atoms with E-state index >= 15 is 0 Å². The molecule has 0 aliphatic carbocycles. The van der Waals surface area contributed by atoms with Gasteiger partial charge < -0.3 is 14.8 Å². The average Bonchev–Trinajstić information content (AvgIpc) is 2.87. The fourth-order valence-electron chi connectivity index (χ4n) is 2.59. The monoisotopic (exact) mass is 329 g/mol. The van der Waals surface area contributed by atoms with Crippen LogP contribution in [0.5, 0.6) is 11.5 Å². The Morgan fingerprint density at radius 3 is 2.70 bits per heavy atom. The molecule has 0 atom stereocenters. The molecule has 0 saturated carbocycles. The quantitative estimate of drug-likeness (QED) is 0.768. The van der Waals surface area contributed by atoms with Crippen LogP contribution in [0.25, 0.3) is 10.2 Å². The number of aryl methyl sites for hydroxylation is 2. The van der Waals surface area contributed by atoms with E-state index in [1.807, 2.05) is 18.2 Å². The van der Waals surface area contributed by atoms with Crippen LogP contribution in [0.4, 0.5) is 5.82 Å². The molecule has 1 aromatic carbocycles. The van der Waals surface area contributed by atoms with E-state index in [1.54, 1.807) is 31.9 Å². The van der Waals surface area contributed by atoms with Crippen LogP contribution in [-0.2, 0) is 6.54 Å². The number of benzene rings is 1. The van der Waals surface area contributed by atoms with Gasteiger partial charge in [0.2, 0.25) is 0 Å². The summed E-state index contributed by atoms with van der Waals surface area (Å²) in [6.45, 7) is 4.81. The van der Waals surface area contributed by atoms with Crippen molar-refractivity contribution in [1.82, 2.24) is 9.97 Å². The van der Waals surface area contributed by atoms with Crippen LogP contribution in [0.3, 0.4) is 0 Å². The Labute approximate surface area is 139 Å². The van der Waals surface area contributed by atoms with Gasteiger partial charge >= 0.3 is 0 Å². The number of fused-ring (bicyclic) bond motifs is 1. The lowest BCUT2D eigenvalue weighted by Gasteiger charge is -2.13. The van der Waals surface area contributed by atoms with Crippen LogP contribution >= 0.6 is 11.3 Å². The molecular formula is C17H19N3O2S. The largest absolute Gasteiger partial charge is 0.493 e. The summed E-state index contributed by atoms with van der Waals surface area (Å²) in [6.07, 6.45) is 1.60. The Bertz CT molecular complexity index is 845. The molecule has 0 saturated heterocycles. The van der Waals surface area contributed by atoms with E-state index in [0.29, 0.717) is 6.54 Å². The average molecular weight is 329 g/mol. The Kier molecular flexibility index (Phi) is 4.34. The number of ether oxygens (including phenoxy) is 2. The predicted octanol–water partition coefficient (Wildman–Crippen LogP) is 3.94. The molecule has 0 radical (unpaired) electrons. The van der Waals surface area contributed by atoms with Crippen molar-refractivity contribution in [3.05, 3.63) is 40.5 Å². The number of para-hydroxylation sites is 1. The molecule has 2 heterocycles. The number of hydrogen-bond donors (Lipinski definition) is 1. The van der Waals surface area contributed by atoms with Crippen LogP contribution in [0.1, 0.15) is 16.0 Å².